The van der Waals surface area contributed by atoms with Gasteiger partial charge in [0.15, 0.2) is 5.82 Å². The van der Waals surface area contributed by atoms with Gasteiger partial charge in [0.1, 0.15) is 5.82 Å². The second kappa shape index (κ2) is 18.9. The number of amides is 5. The van der Waals surface area contributed by atoms with Crippen LogP contribution in [0.4, 0.5) is 22.1 Å². The number of anilines is 3. The molecule has 1 aliphatic carbocycles. The number of nitrogens with zero attached hydrogens (tertiary/aromatic N) is 9. The number of aryl methyl sites for hydroxylation is 1. The highest BCUT2D eigenvalue weighted by atomic mass is 35.5. The van der Waals surface area contributed by atoms with Crippen molar-refractivity contribution >= 4 is 63.4 Å². The topological polar surface area (TPSA) is 171 Å². The molecule has 6 saturated heterocycles. The molecule has 15 nitrogen and oxygen atoms in total. The number of hydrogen-bond donors (Lipinski definition) is 2. The smallest absolute Gasteiger partial charge is 0.328 e. The maximum atomic E-state index is 14.1. The molecule has 1 saturated carbocycles. The highest BCUT2D eigenvalue weighted by molar-refractivity contribution is 6.34. The summed E-state index contributed by atoms with van der Waals surface area (Å²) in [6, 6.07) is 15.4. The average Bonchev–Trinajstić information content (AvgIpc) is 3.34. The number of piperidine rings is 3. The van der Waals surface area contributed by atoms with E-state index in [2.05, 4.69) is 67.6 Å². The van der Waals surface area contributed by atoms with Crippen LogP contribution in [-0.2, 0) is 16.0 Å². The summed E-state index contributed by atoms with van der Waals surface area (Å²) in [6.45, 7) is 12.4. The molecule has 5 amide bonds. The number of imide groups is 1. The lowest BCUT2D eigenvalue weighted by Crippen LogP contribution is -2.71. The van der Waals surface area contributed by atoms with Gasteiger partial charge in [0.25, 0.3) is 5.91 Å². The number of likely N-dealkylation sites (tertiary alicyclic amines) is 2. The van der Waals surface area contributed by atoms with Gasteiger partial charge in [-0.15, -0.1) is 5.10 Å². The Morgan fingerprint density at radius 1 is 0.941 bits per heavy atom. The molecule has 2 bridgehead atoms. The molecule has 0 radical (unpaired) electrons. The Balaban J connectivity index is 0.680. The van der Waals surface area contributed by atoms with E-state index in [4.69, 9.17) is 16.6 Å². The van der Waals surface area contributed by atoms with Crippen LogP contribution in [0.15, 0.2) is 48.7 Å². The number of benzene rings is 2. The Morgan fingerprint density at radius 2 is 1.69 bits per heavy atom. The van der Waals surface area contributed by atoms with Crippen LogP contribution >= 0.6 is 11.6 Å². The standard InChI is InChI=1S/C52H62ClN11O4/c1-32-36(11-19-54)5-4-6-41(32)33(2)56-48-42-27-46(55-28-43(42)34(3)58-59-48)62-30-39-26-40(31-62)64(39)50(67)37-12-20-60(21-13-37)29-35-9-15-52(16-10-35)17-23-61(24-18-52)49(66)38-7-8-44(53)45(25-38)63-22-14-47(65)57-51(63)68/h4-8,25,27-28,33,35,37,39-40H,9-18,20-24,26,29-31H2,1-3H3,(H,56,59)(H,57,65,68)/t33-,39?,40?/m1/s1. The third-order valence-electron chi connectivity index (χ3n) is 16.5. The Bertz CT molecular complexity index is 2650. The molecule has 7 aliphatic rings. The van der Waals surface area contributed by atoms with E-state index >= 15 is 0 Å². The van der Waals surface area contributed by atoms with Gasteiger partial charge in [-0.3, -0.25) is 24.6 Å². The molecule has 4 aromatic rings. The lowest BCUT2D eigenvalue weighted by Gasteiger charge is -2.57. The second-order valence-corrected chi connectivity index (χ2v) is 20.9. The van der Waals surface area contributed by atoms with Gasteiger partial charge in [0, 0.05) is 74.1 Å². The molecule has 11 rings (SSSR count). The maximum Gasteiger partial charge on any atom is 0.328 e. The first-order chi connectivity index (χ1) is 32.9. The van der Waals surface area contributed by atoms with E-state index in [0.29, 0.717) is 40.3 Å². The zero-order valence-electron chi connectivity index (χ0n) is 39.5. The van der Waals surface area contributed by atoms with Crippen LogP contribution in [0.5, 0.6) is 0 Å². The molecule has 6 aliphatic heterocycles. The number of nitrogens with one attached hydrogen (secondary N) is 2. The third kappa shape index (κ3) is 8.97. The van der Waals surface area contributed by atoms with E-state index in [-0.39, 0.29) is 54.2 Å². The van der Waals surface area contributed by atoms with Crippen LogP contribution in [0.1, 0.15) is 110 Å². The minimum Gasteiger partial charge on any atom is -0.362 e. The minimum atomic E-state index is -0.522. The first-order valence-electron chi connectivity index (χ1n) is 24.7. The average molecular weight is 941 g/mol. The van der Waals surface area contributed by atoms with E-state index in [1.54, 1.807) is 18.2 Å². The summed E-state index contributed by atoms with van der Waals surface area (Å²) >= 11 is 6.45. The number of fused-ring (bicyclic) bond motifs is 3. The van der Waals surface area contributed by atoms with Crippen molar-refractivity contribution in [2.24, 2.45) is 17.3 Å². The van der Waals surface area contributed by atoms with Crippen molar-refractivity contribution in [1.82, 2.24) is 35.2 Å². The number of piperazine rings is 1. The number of rotatable bonds is 10. The molecule has 16 heteroatoms. The van der Waals surface area contributed by atoms with Gasteiger partial charge in [-0.25, -0.2) is 9.78 Å². The van der Waals surface area contributed by atoms with E-state index in [1.807, 2.05) is 30.2 Å². The van der Waals surface area contributed by atoms with E-state index in [9.17, 15) is 24.4 Å². The molecule has 2 unspecified atom stereocenters. The van der Waals surface area contributed by atoms with Crippen LogP contribution in [0.3, 0.4) is 0 Å². The molecular weight excluding hydrogens is 878 g/mol. The number of pyridine rings is 1. The highest BCUT2D eigenvalue weighted by Crippen LogP contribution is 2.47. The van der Waals surface area contributed by atoms with E-state index in [1.165, 1.54) is 30.6 Å². The number of hydrogen-bond acceptors (Lipinski definition) is 11. The van der Waals surface area contributed by atoms with Crippen molar-refractivity contribution in [1.29, 1.82) is 5.26 Å². The second-order valence-electron chi connectivity index (χ2n) is 20.5. The lowest BCUT2D eigenvalue weighted by molar-refractivity contribution is -0.152. The van der Waals surface area contributed by atoms with E-state index < -0.39 is 6.03 Å². The van der Waals surface area contributed by atoms with Crippen LogP contribution in [-0.4, -0.2) is 118 Å². The van der Waals surface area contributed by atoms with Gasteiger partial charge in [-0.05, 0) is 144 Å². The van der Waals surface area contributed by atoms with Gasteiger partial charge < -0.3 is 24.9 Å². The molecule has 8 heterocycles. The summed E-state index contributed by atoms with van der Waals surface area (Å²) < 4.78 is 0. The van der Waals surface area contributed by atoms with Gasteiger partial charge >= 0.3 is 6.03 Å². The summed E-state index contributed by atoms with van der Waals surface area (Å²) in [6.07, 6.45) is 12.1. The summed E-state index contributed by atoms with van der Waals surface area (Å²) in [5.74, 6) is 2.32. The number of aromatic nitrogens is 3. The minimum absolute atomic E-state index is 0.0494. The number of carbonyl (C=O) groups excluding carboxylic acids is 4. The molecule has 68 heavy (non-hydrogen) atoms. The largest absolute Gasteiger partial charge is 0.362 e. The molecule has 1 spiro atoms. The zero-order chi connectivity index (χ0) is 47.3. The predicted molar refractivity (Wildman–Crippen MR) is 262 cm³/mol. The zero-order valence-corrected chi connectivity index (χ0v) is 40.2. The Hall–Kier alpha value is -5.85. The fraction of sp³-hybridized carbons (Fsp3) is 0.538. The van der Waals surface area contributed by atoms with Crippen molar-refractivity contribution in [3.05, 3.63) is 81.6 Å². The quantitative estimate of drug-likeness (QED) is 0.161. The fourth-order valence-corrected chi connectivity index (χ4v) is 12.5. The normalized spacial score (nSPS) is 22.8. The predicted octanol–water partition coefficient (Wildman–Crippen LogP) is 7.59. The van der Waals surface area contributed by atoms with Crippen molar-refractivity contribution in [3.63, 3.8) is 0 Å². The first kappa shape index (κ1) is 45.9. The highest BCUT2D eigenvalue weighted by Gasteiger charge is 2.49. The summed E-state index contributed by atoms with van der Waals surface area (Å²) in [7, 11) is 0. The van der Waals surface area contributed by atoms with Crippen LogP contribution < -0.4 is 20.4 Å². The summed E-state index contributed by atoms with van der Waals surface area (Å²) in [5, 5.41) is 26.6. The van der Waals surface area contributed by atoms with Gasteiger partial charge in [0.05, 0.1) is 47.0 Å². The number of urea groups is 1. The van der Waals surface area contributed by atoms with Gasteiger partial charge in [-0.2, -0.15) is 10.4 Å². The lowest BCUT2D eigenvalue weighted by atomic mass is 9.65. The van der Waals surface area contributed by atoms with Crippen molar-refractivity contribution in [2.75, 3.05) is 67.5 Å². The first-order valence-corrected chi connectivity index (χ1v) is 25.1. The van der Waals surface area contributed by atoms with Crippen molar-refractivity contribution in [3.8, 4) is 6.07 Å². The van der Waals surface area contributed by atoms with Crippen LogP contribution in [0, 0.1) is 42.4 Å². The van der Waals surface area contributed by atoms with Gasteiger partial charge in [0.2, 0.25) is 11.8 Å². The third-order valence-corrected chi connectivity index (χ3v) is 16.8. The Labute approximate surface area is 403 Å². The molecule has 3 atom stereocenters. The molecule has 7 fully saturated rings. The SMILES string of the molecule is Cc1c(CC#N)cccc1[C@@H](C)Nc1nnc(C)c2cnc(N3CC4CC(C3)N4C(=O)C3CCN(CC4CCC5(CC4)CCN(C(=O)c4ccc(Cl)c(N6CCC(=O)NC6=O)c4)CC5)CC3)cc12. The number of halogens is 1. The molecule has 2 aromatic heterocycles. The van der Waals surface area contributed by atoms with Crippen LogP contribution in [0.25, 0.3) is 10.8 Å². The summed E-state index contributed by atoms with van der Waals surface area (Å²) in [5.41, 5.74) is 5.32. The molecule has 2 N–H and O–H groups in total. The number of nitriles is 1. The van der Waals surface area contributed by atoms with Crippen molar-refractivity contribution < 1.29 is 19.2 Å². The number of carbonyl (C=O) groups is 4. The fourth-order valence-electron chi connectivity index (χ4n) is 12.3. The Morgan fingerprint density at radius 3 is 2.41 bits per heavy atom. The Kier molecular flexibility index (Phi) is 12.8. The molecular formula is C52H62ClN11O4. The van der Waals surface area contributed by atoms with Gasteiger partial charge in [-0.1, -0.05) is 29.8 Å². The summed E-state index contributed by atoms with van der Waals surface area (Å²) in [4.78, 5) is 67.4. The molecule has 356 valence electrons. The van der Waals surface area contributed by atoms with Crippen molar-refractivity contribution in [2.45, 2.75) is 110 Å². The van der Waals surface area contributed by atoms with E-state index in [0.717, 1.165) is 117 Å². The molecule has 2 aromatic carbocycles. The maximum absolute atomic E-state index is 14.1. The monoisotopic (exact) mass is 939 g/mol. The van der Waals surface area contributed by atoms with Crippen LogP contribution in [0.2, 0.25) is 5.02 Å².